The third kappa shape index (κ3) is 3.04. The lowest BCUT2D eigenvalue weighted by molar-refractivity contribution is -0.143. The fourth-order valence-electron chi connectivity index (χ4n) is 2.37. The largest absolute Gasteiger partial charge is 0.480 e. The molecule has 2 heterocycles. The number of carboxylic acid groups (broad SMARTS) is 1. The number of piperidine rings is 1. The molecule has 0 bridgehead atoms. The zero-order valence-corrected chi connectivity index (χ0v) is 12.2. The van der Waals surface area contributed by atoms with Gasteiger partial charge in [-0.2, -0.15) is 9.57 Å². The predicted octanol–water partition coefficient (Wildman–Crippen LogP) is 0.827. The van der Waals surface area contributed by atoms with Crippen molar-refractivity contribution in [3.63, 3.8) is 0 Å². The Morgan fingerprint density at radius 3 is 2.76 bits per heavy atom. The second-order valence-corrected chi connectivity index (χ2v) is 6.98. The molecular formula is C13H15N3O4S. The molecule has 1 aromatic heterocycles. The van der Waals surface area contributed by atoms with Gasteiger partial charge < -0.3 is 5.11 Å². The highest BCUT2D eigenvalue weighted by Gasteiger charge is 2.39. The summed E-state index contributed by atoms with van der Waals surface area (Å²) in [4.78, 5) is 15.0. The van der Waals surface area contributed by atoms with Crippen LogP contribution in [-0.2, 0) is 14.8 Å². The van der Waals surface area contributed by atoms with Crippen LogP contribution in [-0.4, -0.2) is 41.4 Å². The molecule has 1 saturated heterocycles. The van der Waals surface area contributed by atoms with Crippen LogP contribution in [0, 0.1) is 17.2 Å². The molecule has 0 aliphatic carbocycles. The lowest BCUT2D eigenvalue weighted by Gasteiger charge is -2.34. The molecule has 1 fully saturated rings. The van der Waals surface area contributed by atoms with Gasteiger partial charge in [-0.15, -0.1) is 0 Å². The number of pyridine rings is 1. The molecule has 0 amide bonds. The fourth-order valence-corrected chi connectivity index (χ4v) is 3.92. The van der Waals surface area contributed by atoms with Crippen LogP contribution in [0.25, 0.3) is 0 Å². The Bertz CT molecular complexity index is 678. The van der Waals surface area contributed by atoms with E-state index in [1.54, 1.807) is 6.07 Å². The SMILES string of the molecule is CC1CCN(S(=O)(=O)c2ccc(C#N)nc2)C(C(=O)O)C1. The van der Waals surface area contributed by atoms with Crippen molar-refractivity contribution < 1.29 is 18.3 Å². The van der Waals surface area contributed by atoms with Crippen molar-refractivity contribution in [2.24, 2.45) is 5.92 Å². The summed E-state index contributed by atoms with van der Waals surface area (Å²) in [6.45, 7) is 2.07. The molecule has 0 radical (unpaired) electrons. The summed E-state index contributed by atoms with van der Waals surface area (Å²) in [5.41, 5.74) is 0.107. The van der Waals surface area contributed by atoms with Crippen molar-refractivity contribution in [1.29, 1.82) is 5.26 Å². The van der Waals surface area contributed by atoms with Crippen molar-refractivity contribution in [2.45, 2.75) is 30.7 Å². The van der Waals surface area contributed by atoms with Gasteiger partial charge in [-0.05, 0) is 30.9 Å². The molecule has 2 atom stereocenters. The Balaban J connectivity index is 2.36. The maximum atomic E-state index is 12.5. The third-order valence-corrected chi connectivity index (χ3v) is 5.45. The summed E-state index contributed by atoms with van der Waals surface area (Å²) in [6.07, 6.45) is 2.00. The molecule has 1 aliphatic rings. The number of aromatic nitrogens is 1. The maximum absolute atomic E-state index is 12.5. The molecule has 0 aromatic carbocycles. The van der Waals surface area contributed by atoms with Crippen molar-refractivity contribution in [3.05, 3.63) is 24.0 Å². The first-order valence-electron chi connectivity index (χ1n) is 6.47. The molecule has 112 valence electrons. The van der Waals surface area contributed by atoms with Crippen LogP contribution < -0.4 is 0 Å². The number of rotatable bonds is 3. The summed E-state index contributed by atoms with van der Waals surface area (Å²) < 4.78 is 26.1. The van der Waals surface area contributed by atoms with Gasteiger partial charge in [0.15, 0.2) is 0 Å². The monoisotopic (exact) mass is 309 g/mol. The van der Waals surface area contributed by atoms with E-state index >= 15 is 0 Å². The normalized spacial score (nSPS) is 23.4. The topological polar surface area (TPSA) is 111 Å². The highest BCUT2D eigenvalue weighted by Crippen LogP contribution is 2.28. The first-order chi connectivity index (χ1) is 9.86. The van der Waals surface area contributed by atoms with Crippen molar-refractivity contribution in [2.75, 3.05) is 6.54 Å². The molecule has 2 rings (SSSR count). The predicted molar refractivity (Wildman–Crippen MR) is 72.7 cm³/mol. The molecule has 8 heteroatoms. The molecule has 2 unspecified atom stereocenters. The van der Waals surface area contributed by atoms with Crippen LogP contribution in [0.15, 0.2) is 23.2 Å². The Labute approximate surface area is 122 Å². The van der Waals surface area contributed by atoms with E-state index in [2.05, 4.69) is 4.98 Å². The van der Waals surface area contributed by atoms with Crippen molar-refractivity contribution in [3.8, 4) is 6.07 Å². The van der Waals surface area contributed by atoms with Gasteiger partial charge >= 0.3 is 5.97 Å². The maximum Gasteiger partial charge on any atom is 0.322 e. The summed E-state index contributed by atoms with van der Waals surface area (Å²) in [5, 5.41) is 17.9. The first-order valence-corrected chi connectivity index (χ1v) is 7.91. The van der Waals surface area contributed by atoms with Gasteiger partial charge in [-0.25, -0.2) is 13.4 Å². The number of carbonyl (C=O) groups is 1. The second kappa shape index (κ2) is 5.79. The summed E-state index contributed by atoms with van der Waals surface area (Å²) in [7, 11) is -3.92. The van der Waals surface area contributed by atoms with Gasteiger partial charge in [0.25, 0.3) is 0 Å². The average molecular weight is 309 g/mol. The van der Waals surface area contributed by atoms with Crippen LogP contribution in [0.5, 0.6) is 0 Å². The third-order valence-electron chi connectivity index (χ3n) is 3.56. The summed E-state index contributed by atoms with van der Waals surface area (Å²) >= 11 is 0. The zero-order valence-electron chi connectivity index (χ0n) is 11.4. The number of hydrogen-bond donors (Lipinski definition) is 1. The number of sulfonamides is 1. The molecule has 0 spiro atoms. The minimum absolute atomic E-state index is 0.0951. The second-order valence-electron chi connectivity index (χ2n) is 5.09. The van der Waals surface area contributed by atoms with Crippen LogP contribution in [0.3, 0.4) is 0 Å². The number of carboxylic acids is 1. The van der Waals surface area contributed by atoms with Gasteiger partial charge in [0.05, 0.1) is 0 Å². The molecule has 1 N–H and O–H groups in total. The first kappa shape index (κ1) is 15.4. The minimum atomic E-state index is -3.92. The van der Waals surface area contributed by atoms with E-state index in [0.717, 1.165) is 10.5 Å². The number of hydrogen-bond acceptors (Lipinski definition) is 5. The smallest absolute Gasteiger partial charge is 0.322 e. The molecule has 0 saturated carbocycles. The Kier molecular flexibility index (Phi) is 4.25. The van der Waals surface area contributed by atoms with Crippen LogP contribution in [0.4, 0.5) is 0 Å². The average Bonchev–Trinajstić information content (AvgIpc) is 2.47. The van der Waals surface area contributed by atoms with Crippen molar-refractivity contribution in [1.82, 2.24) is 9.29 Å². The lowest BCUT2D eigenvalue weighted by atomic mass is 9.94. The van der Waals surface area contributed by atoms with E-state index in [1.807, 2.05) is 6.92 Å². The number of aliphatic carboxylic acids is 1. The number of nitrogens with zero attached hydrogens (tertiary/aromatic N) is 3. The Hall–Kier alpha value is -1.98. The Morgan fingerprint density at radius 1 is 1.52 bits per heavy atom. The van der Waals surface area contributed by atoms with Crippen molar-refractivity contribution >= 4 is 16.0 Å². The molecule has 1 aromatic rings. The summed E-state index contributed by atoms with van der Waals surface area (Å²) in [5.74, 6) is -0.983. The quantitative estimate of drug-likeness (QED) is 0.885. The zero-order chi connectivity index (χ0) is 15.6. The minimum Gasteiger partial charge on any atom is -0.480 e. The van der Waals surface area contributed by atoms with E-state index in [-0.39, 0.29) is 29.5 Å². The van der Waals surface area contributed by atoms with Crippen LogP contribution in [0.1, 0.15) is 25.5 Å². The molecule has 7 nitrogen and oxygen atoms in total. The van der Waals surface area contributed by atoms with Gasteiger partial charge in [-0.1, -0.05) is 6.92 Å². The summed E-state index contributed by atoms with van der Waals surface area (Å²) in [6, 6.07) is 3.32. The lowest BCUT2D eigenvalue weighted by Crippen LogP contribution is -2.49. The fraction of sp³-hybridized carbons (Fsp3) is 0.462. The van der Waals surface area contributed by atoms with Crippen LogP contribution >= 0.6 is 0 Å². The highest BCUT2D eigenvalue weighted by atomic mass is 32.2. The van der Waals surface area contributed by atoms with E-state index < -0.39 is 22.0 Å². The Morgan fingerprint density at radius 2 is 2.24 bits per heavy atom. The number of nitriles is 1. The molecule has 21 heavy (non-hydrogen) atoms. The van der Waals surface area contributed by atoms with Crippen LogP contribution in [0.2, 0.25) is 0 Å². The molecular weight excluding hydrogens is 294 g/mol. The van der Waals surface area contributed by atoms with E-state index in [1.165, 1.54) is 12.1 Å². The van der Waals surface area contributed by atoms with E-state index in [4.69, 9.17) is 5.26 Å². The van der Waals surface area contributed by atoms with Gasteiger partial charge in [0.2, 0.25) is 10.0 Å². The van der Waals surface area contributed by atoms with E-state index in [0.29, 0.717) is 6.42 Å². The van der Waals surface area contributed by atoms with Gasteiger partial charge in [-0.3, -0.25) is 4.79 Å². The highest BCUT2D eigenvalue weighted by molar-refractivity contribution is 7.89. The van der Waals surface area contributed by atoms with E-state index in [9.17, 15) is 18.3 Å². The molecule has 1 aliphatic heterocycles. The van der Waals surface area contributed by atoms with Gasteiger partial charge in [0, 0.05) is 12.7 Å². The standard InChI is InChI=1S/C13H15N3O4S/c1-9-4-5-16(12(6-9)13(17)18)21(19,20)11-3-2-10(7-14)15-8-11/h2-3,8-9,12H,4-6H2,1H3,(H,17,18). The van der Waals surface area contributed by atoms with Gasteiger partial charge in [0.1, 0.15) is 22.7 Å².